The van der Waals surface area contributed by atoms with Gasteiger partial charge in [0.25, 0.3) is 11.8 Å². The van der Waals surface area contributed by atoms with Crippen molar-refractivity contribution in [3.63, 3.8) is 0 Å². The first-order valence-corrected chi connectivity index (χ1v) is 28.3. The minimum absolute atomic E-state index is 0.0556. The van der Waals surface area contributed by atoms with Crippen molar-refractivity contribution in [2.24, 2.45) is 33.7 Å². The number of ether oxygens (including phenoxy) is 3. The van der Waals surface area contributed by atoms with Crippen LogP contribution in [0.1, 0.15) is 135 Å². The Bertz CT molecular complexity index is 3230. The van der Waals surface area contributed by atoms with Gasteiger partial charge in [0, 0.05) is 99.6 Å². The van der Waals surface area contributed by atoms with Crippen LogP contribution in [0.15, 0.2) is 95.2 Å². The predicted octanol–water partition coefficient (Wildman–Crippen LogP) is 10.4. The molecule has 17 heteroatoms. The maximum absolute atomic E-state index is 14.1. The van der Waals surface area contributed by atoms with Crippen LogP contribution >= 0.6 is 0 Å². The van der Waals surface area contributed by atoms with E-state index in [2.05, 4.69) is 41.8 Å². The summed E-state index contributed by atoms with van der Waals surface area (Å²) >= 11 is 0. The number of benzene rings is 4. The van der Waals surface area contributed by atoms with Gasteiger partial charge in [0.2, 0.25) is 23.6 Å². The molecule has 17 nitrogen and oxygen atoms in total. The van der Waals surface area contributed by atoms with Gasteiger partial charge in [-0.3, -0.25) is 48.4 Å². The van der Waals surface area contributed by atoms with Crippen LogP contribution in [0.4, 0.5) is 17.1 Å². The van der Waals surface area contributed by atoms with Crippen LogP contribution in [-0.4, -0.2) is 113 Å². The van der Waals surface area contributed by atoms with Crippen LogP contribution in [0.5, 0.6) is 17.2 Å². The zero-order valence-electron chi connectivity index (χ0n) is 47.6. The van der Waals surface area contributed by atoms with Crippen molar-refractivity contribution in [1.29, 1.82) is 0 Å². The van der Waals surface area contributed by atoms with E-state index in [1.54, 1.807) is 60.4 Å². The number of imide groups is 1. The summed E-state index contributed by atoms with van der Waals surface area (Å²) in [6.45, 7) is 14.2. The van der Waals surface area contributed by atoms with Gasteiger partial charge in [-0.15, -0.1) is 0 Å². The second-order valence-electron chi connectivity index (χ2n) is 22.6. The molecule has 1 unspecified atom stereocenters. The monoisotopic (exact) mass is 1100 g/mol. The van der Waals surface area contributed by atoms with Gasteiger partial charge in [0.15, 0.2) is 17.3 Å². The Morgan fingerprint density at radius 1 is 0.679 bits per heavy atom. The first-order valence-electron chi connectivity index (χ1n) is 28.3. The predicted molar refractivity (Wildman–Crippen MR) is 311 cm³/mol. The lowest BCUT2D eigenvalue weighted by Crippen LogP contribution is -2.45. The van der Waals surface area contributed by atoms with Crippen molar-refractivity contribution < 1.29 is 47.8 Å². The topological polar surface area (TPSA) is 206 Å². The highest BCUT2D eigenvalue weighted by atomic mass is 16.5. The minimum Gasteiger partial charge on any atom is -0.493 e. The van der Waals surface area contributed by atoms with Crippen LogP contribution in [0.3, 0.4) is 0 Å². The number of hydrogen-bond donors (Lipinski definition) is 2. The average Bonchev–Trinajstić information content (AvgIpc) is 4.25. The molecule has 5 atom stereocenters. The quantitative estimate of drug-likeness (QED) is 0.0531. The number of nitrogens with zero attached hydrogens (tertiary/aromatic N) is 5. The number of unbranched alkanes of at least 4 members (excludes halogenated alkanes) is 2. The van der Waals surface area contributed by atoms with Gasteiger partial charge in [-0.05, 0) is 90.6 Å². The summed E-state index contributed by atoms with van der Waals surface area (Å²) in [4.78, 5) is 107. The molecular formula is C64H73N7O10. The lowest BCUT2D eigenvalue weighted by Gasteiger charge is -2.23. The SMILES string of the molecule is COc1cc2c(cc1OCCCOc1cc3c(cc1C)C(=O)N1C=C(c4ccc(NC(=O)[C@H](C)CC(=O)[C@@H](NC(=O)CCCCCN5C(=O)CC(C(C)C)C5=O)C(C)C)cc4)C[C@H]1C=N3)N=C[C@@H]1CC(c3ccc(C)cc3)=CN1C2=O. The van der Waals surface area contributed by atoms with Crippen molar-refractivity contribution in [2.45, 2.75) is 124 Å². The number of amides is 6. The molecule has 424 valence electrons. The Hall–Kier alpha value is -8.21. The van der Waals surface area contributed by atoms with Crippen LogP contribution < -0.4 is 24.8 Å². The first-order chi connectivity index (χ1) is 38.9. The first kappa shape index (κ1) is 57.5. The molecule has 4 aromatic rings. The molecule has 0 aromatic heterocycles. The highest BCUT2D eigenvalue weighted by Crippen LogP contribution is 2.41. The maximum atomic E-state index is 14.1. The van der Waals surface area contributed by atoms with E-state index in [1.807, 2.05) is 71.4 Å². The number of carbonyl (C=O) groups excluding carboxylic acids is 7. The van der Waals surface area contributed by atoms with E-state index >= 15 is 0 Å². The molecule has 4 aromatic carbocycles. The van der Waals surface area contributed by atoms with E-state index in [9.17, 15) is 33.6 Å². The van der Waals surface area contributed by atoms with E-state index in [-0.39, 0.29) is 90.3 Å². The fourth-order valence-corrected chi connectivity index (χ4v) is 11.0. The van der Waals surface area contributed by atoms with Gasteiger partial charge in [-0.25, -0.2) is 0 Å². The smallest absolute Gasteiger partial charge is 0.260 e. The Kier molecular flexibility index (Phi) is 17.8. The second kappa shape index (κ2) is 25.1. The lowest BCUT2D eigenvalue weighted by molar-refractivity contribution is -0.140. The summed E-state index contributed by atoms with van der Waals surface area (Å²) in [5.41, 5.74) is 8.44. The minimum atomic E-state index is -0.749. The fraction of sp³-hybridized carbons (Fsp3) is 0.422. The van der Waals surface area contributed by atoms with Gasteiger partial charge in [-0.2, -0.15) is 0 Å². The van der Waals surface area contributed by atoms with Crippen LogP contribution in [-0.2, 0) is 24.0 Å². The number of rotatable bonds is 23. The highest BCUT2D eigenvalue weighted by molar-refractivity contribution is 6.07. The number of Topliss-reactive ketones (excluding diaryl/α,β-unsaturated/α-hetero) is 1. The highest BCUT2D eigenvalue weighted by Gasteiger charge is 2.40. The molecule has 0 saturated carbocycles. The fourth-order valence-electron chi connectivity index (χ4n) is 11.0. The van der Waals surface area contributed by atoms with Crippen LogP contribution in [0.25, 0.3) is 11.1 Å². The standard InChI is InChI=1S/C64H73N7O10/c1-37(2)49-30-59(74)69(62(49)76)22-11-9-10-13-58(73)68-60(38(3)4)54(72)26-41(7)61(75)67-46-20-18-43(19-21-46)45-28-47-33-65-52-31-55(40(6)25-50(52)63(77)70(47)36-45)80-23-12-24-81-57-32-53-51(29-56(57)79-8)64(78)71-35-44(27-48(71)34-66-53)42-16-14-39(5)15-17-42/h14-21,25,29,31-38,41,47-49,60H,9-13,22-24,26-28,30H2,1-8H3,(H,67,75)(H,68,73)/t41-,47+,48+,49?,60+/m1/s1. The summed E-state index contributed by atoms with van der Waals surface area (Å²) in [7, 11) is 1.54. The third kappa shape index (κ3) is 13.0. The molecule has 1 fully saturated rings. The molecule has 1 saturated heterocycles. The van der Waals surface area contributed by atoms with Gasteiger partial charge in [0.05, 0.1) is 61.0 Å². The number of hydrogen-bond acceptors (Lipinski definition) is 12. The summed E-state index contributed by atoms with van der Waals surface area (Å²) in [6.07, 6.45) is 11.3. The number of carbonyl (C=O) groups is 7. The van der Waals surface area contributed by atoms with Gasteiger partial charge < -0.3 is 34.6 Å². The number of likely N-dealkylation sites (tertiary alicyclic amines) is 1. The van der Waals surface area contributed by atoms with Crippen molar-refractivity contribution >= 4 is 81.9 Å². The van der Waals surface area contributed by atoms with E-state index in [4.69, 9.17) is 24.2 Å². The van der Waals surface area contributed by atoms with Crippen molar-refractivity contribution in [1.82, 2.24) is 20.0 Å². The molecular weight excluding hydrogens is 1030 g/mol. The van der Waals surface area contributed by atoms with Gasteiger partial charge in [-0.1, -0.05) is 83.0 Å². The molecule has 0 spiro atoms. The third-order valence-electron chi connectivity index (χ3n) is 15.8. The van der Waals surface area contributed by atoms with Gasteiger partial charge in [0.1, 0.15) is 5.75 Å². The number of aryl methyl sites for hydroxylation is 2. The number of ketones is 1. The number of nitrogens with one attached hydrogen (secondary N) is 2. The summed E-state index contributed by atoms with van der Waals surface area (Å²) in [5, 5.41) is 5.79. The van der Waals surface area contributed by atoms with E-state index in [0.717, 1.165) is 27.8 Å². The maximum Gasteiger partial charge on any atom is 0.260 e. The number of methoxy groups -OCH3 is 1. The molecule has 0 radical (unpaired) electrons. The number of aliphatic imine (C=N–C) groups is 2. The Morgan fingerprint density at radius 3 is 1.84 bits per heavy atom. The molecule has 81 heavy (non-hydrogen) atoms. The number of fused-ring (bicyclic) bond motifs is 4. The normalized spacial score (nSPS) is 18.9. The Morgan fingerprint density at radius 2 is 1.26 bits per heavy atom. The van der Waals surface area contributed by atoms with Crippen molar-refractivity contribution in [3.05, 3.63) is 119 Å². The Balaban J connectivity index is 0.720. The van der Waals surface area contributed by atoms with Crippen LogP contribution in [0.2, 0.25) is 0 Å². The summed E-state index contributed by atoms with van der Waals surface area (Å²) in [5.74, 6) is -0.874. The molecule has 5 aliphatic heterocycles. The molecule has 0 aliphatic carbocycles. The lowest BCUT2D eigenvalue weighted by atomic mass is 9.92. The van der Waals surface area contributed by atoms with E-state index in [0.29, 0.717) is 104 Å². The zero-order valence-corrected chi connectivity index (χ0v) is 47.6. The molecule has 0 bridgehead atoms. The third-order valence-corrected chi connectivity index (χ3v) is 15.8. The molecule has 5 aliphatic rings. The largest absolute Gasteiger partial charge is 0.493 e. The number of anilines is 1. The van der Waals surface area contributed by atoms with E-state index < -0.39 is 12.0 Å². The Labute approximate surface area is 473 Å². The summed E-state index contributed by atoms with van der Waals surface area (Å²) < 4.78 is 18.1. The van der Waals surface area contributed by atoms with Crippen LogP contribution in [0, 0.1) is 37.5 Å². The van der Waals surface area contributed by atoms with Crippen molar-refractivity contribution in [2.75, 3.05) is 32.2 Å². The van der Waals surface area contributed by atoms with Crippen molar-refractivity contribution in [3.8, 4) is 17.2 Å². The molecule has 9 rings (SSSR count). The average molecular weight is 1100 g/mol. The second-order valence-corrected chi connectivity index (χ2v) is 22.6. The molecule has 2 N–H and O–H groups in total. The van der Waals surface area contributed by atoms with Gasteiger partial charge >= 0.3 is 0 Å². The molecule has 6 amide bonds. The molecule has 5 heterocycles. The van der Waals surface area contributed by atoms with E-state index in [1.165, 1.54) is 10.5 Å². The summed E-state index contributed by atoms with van der Waals surface area (Å²) in [6, 6.07) is 21.5. The zero-order chi connectivity index (χ0) is 57.6.